The van der Waals surface area contributed by atoms with Crippen LogP contribution in [-0.2, 0) is 0 Å². The second-order valence-corrected chi connectivity index (χ2v) is 25.6. The van der Waals surface area contributed by atoms with Crippen LogP contribution in [0.15, 0.2) is 146 Å². The lowest BCUT2D eigenvalue weighted by Gasteiger charge is -2.19. The van der Waals surface area contributed by atoms with Gasteiger partial charge in [0.25, 0.3) is 0 Å². The Morgan fingerprint density at radius 2 is 0.780 bits per heavy atom. The van der Waals surface area contributed by atoms with Crippen molar-refractivity contribution in [2.45, 2.75) is 39.3 Å². The molecular weight excluding hydrogens is 637 g/mol. The van der Waals surface area contributed by atoms with E-state index in [9.17, 15) is 0 Å². The molecule has 0 unspecified atom stereocenters. The summed E-state index contributed by atoms with van der Waals surface area (Å²) in [6.07, 6.45) is 0. The highest BCUT2D eigenvalue weighted by Crippen LogP contribution is 2.45. The molecule has 0 bridgehead atoms. The fourth-order valence-electron chi connectivity index (χ4n) is 7.24. The maximum Gasteiger partial charge on any atom is 0.161 e. The van der Waals surface area contributed by atoms with Crippen molar-refractivity contribution in [3.63, 3.8) is 0 Å². The highest BCUT2D eigenvalue weighted by molar-refractivity contribution is 6.89. The molecule has 7 aromatic carbocycles. The second kappa shape index (κ2) is 12.3. The molecule has 8 rings (SSSR count). The van der Waals surface area contributed by atoms with E-state index in [1.54, 1.807) is 0 Å². The van der Waals surface area contributed by atoms with Gasteiger partial charge in [-0.3, -0.25) is 0 Å². The van der Waals surface area contributed by atoms with Crippen LogP contribution in [0.5, 0.6) is 0 Å². The number of aromatic nitrogens is 2. The fraction of sp³-hybridized carbons (Fsp3) is 0.130. The van der Waals surface area contributed by atoms with Gasteiger partial charge in [-0.25, -0.2) is 9.97 Å². The molecule has 50 heavy (non-hydrogen) atoms. The summed E-state index contributed by atoms with van der Waals surface area (Å²) >= 11 is 0. The minimum Gasteiger partial charge on any atom is -0.228 e. The van der Waals surface area contributed by atoms with E-state index in [1.165, 1.54) is 43.0 Å². The van der Waals surface area contributed by atoms with Crippen molar-refractivity contribution in [2.24, 2.45) is 0 Å². The number of fused-ring (bicyclic) bond motifs is 3. The van der Waals surface area contributed by atoms with E-state index in [0.29, 0.717) is 0 Å². The summed E-state index contributed by atoms with van der Waals surface area (Å²) in [6, 6.07) is 53.3. The van der Waals surface area contributed by atoms with Gasteiger partial charge in [0.05, 0.1) is 27.5 Å². The molecule has 4 heteroatoms. The summed E-state index contributed by atoms with van der Waals surface area (Å²) in [7, 11) is -2.89. The predicted octanol–water partition coefficient (Wildman–Crippen LogP) is 11.7. The SMILES string of the molecule is C[Si](C)(C)c1ccc(-c2cc(-c3ccc([Si](C)(C)C)cc3)nc(-c3c4ccccc4c(-c4cccc5ccccc45)c4ccccc34)n2)cc1. The number of rotatable bonds is 6. The molecular formula is C46H42N2Si2. The molecule has 0 saturated carbocycles. The average Bonchev–Trinajstić information content (AvgIpc) is 3.13. The number of benzene rings is 7. The Bertz CT molecular complexity index is 2400. The highest BCUT2D eigenvalue weighted by Gasteiger charge is 2.22. The van der Waals surface area contributed by atoms with Crippen LogP contribution in [0.1, 0.15) is 0 Å². The van der Waals surface area contributed by atoms with Gasteiger partial charge < -0.3 is 0 Å². The van der Waals surface area contributed by atoms with Crippen molar-refractivity contribution in [1.82, 2.24) is 9.97 Å². The summed E-state index contributed by atoms with van der Waals surface area (Å²) in [5, 5.41) is 10.1. The summed E-state index contributed by atoms with van der Waals surface area (Å²) < 4.78 is 0. The van der Waals surface area contributed by atoms with Crippen molar-refractivity contribution < 1.29 is 0 Å². The summed E-state index contributed by atoms with van der Waals surface area (Å²) in [5.41, 5.74) is 7.65. The van der Waals surface area contributed by atoms with Crippen LogP contribution in [0, 0.1) is 0 Å². The molecule has 244 valence electrons. The molecule has 1 aromatic heterocycles. The molecule has 0 spiro atoms. The van der Waals surface area contributed by atoms with E-state index < -0.39 is 16.1 Å². The van der Waals surface area contributed by atoms with Gasteiger partial charge in [-0.15, -0.1) is 0 Å². The van der Waals surface area contributed by atoms with Crippen molar-refractivity contribution in [1.29, 1.82) is 0 Å². The van der Waals surface area contributed by atoms with Crippen LogP contribution in [-0.4, -0.2) is 26.1 Å². The first-order valence-electron chi connectivity index (χ1n) is 17.6. The van der Waals surface area contributed by atoms with Gasteiger partial charge in [-0.05, 0) is 49.5 Å². The molecule has 0 aliphatic carbocycles. The molecule has 8 aromatic rings. The molecule has 1 heterocycles. The third-order valence-electron chi connectivity index (χ3n) is 10.0. The van der Waals surface area contributed by atoms with Crippen LogP contribution < -0.4 is 10.4 Å². The van der Waals surface area contributed by atoms with E-state index in [4.69, 9.17) is 9.97 Å². The Hall–Kier alpha value is -5.17. The second-order valence-electron chi connectivity index (χ2n) is 15.5. The molecule has 2 nitrogen and oxygen atoms in total. The van der Waals surface area contributed by atoms with Crippen molar-refractivity contribution in [3.05, 3.63) is 146 Å². The van der Waals surface area contributed by atoms with E-state index in [-0.39, 0.29) is 0 Å². The third-order valence-corrected chi connectivity index (χ3v) is 14.2. The van der Waals surface area contributed by atoms with Gasteiger partial charge in [-0.2, -0.15) is 0 Å². The molecule has 0 fully saturated rings. The quantitative estimate of drug-likeness (QED) is 0.129. The van der Waals surface area contributed by atoms with Crippen LogP contribution >= 0.6 is 0 Å². The molecule has 0 atom stereocenters. The zero-order valence-corrected chi connectivity index (χ0v) is 31.8. The van der Waals surface area contributed by atoms with Gasteiger partial charge in [0.15, 0.2) is 5.82 Å². The van der Waals surface area contributed by atoms with E-state index in [2.05, 4.69) is 185 Å². The smallest absolute Gasteiger partial charge is 0.161 e. The van der Waals surface area contributed by atoms with Crippen molar-refractivity contribution in [3.8, 4) is 45.0 Å². The lowest BCUT2D eigenvalue weighted by molar-refractivity contribution is 1.19. The maximum absolute atomic E-state index is 5.41. The summed E-state index contributed by atoms with van der Waals surface area (Å²) in [5.74, 6) is 0.748. The van der Waals surface area contributed by atoms with E-state index >= 15 is 0 Å². The fourth-order valence-corrected chi connectivity index (χ4v) is 9.57. The van der Waals surface area contributed by atoms with Crippen molar-refractivity contribution >= 4 is 58.8 Å². The minimum absolute atomic E-state index is 0.748. The number of nitrogens with zero attached hydrogens (tertiary/aromatic N) is 2. The lowest BCUT2D eigenvalue weighted by Crippen LogP contribution is -2.37. The Morgan fingerprint density at radius 3 is 1.24 bits per heavy atom. The van der Waals surface area contributed by atoms with Crippen molar-refractivity contribution in [2.75, 3.05) is 0 Å². The lowest BCUT2D eigenvalue weighted by atomic mass is 9.86. The Kier molecular flexibility index (Phi) is 7.89. The summed E-state index contributed by atoms with van der Waals surface area (Å²) in [6.45, 7) is 14.4. The standard InChI is InChI=1S/C46H42N2Si2/c1-49(2,3)34-26-22-32(23-27-34)42-30-43(33-24-28-35(29-25-33)50(4,5)6)48-46(47-42)45-40-19-11-9-17-38(40)44(39-18-10-12-20-41(39)45)37-21-13-15-31-14-7-8-16-36(31)37/h7-30H,1-6H3. The molecule has 0 N–H and O–H groups in total. The van der Waals surface area contributed by atoms with Gasteiger partial charge in [0.2, 0.25) is 0 Å². The molecule has 0 saturated heterocycles. The average molecular weight is 679 g/mol. The Balaban J connectivity index is 1.42. The topological polar surface area (TPSA) is 25.8 Å². The Labute approximate surface area is 297 Å². The van der Waals surface area contributed by atoms with Gasteiger partial charge in [-0.1, -0.05) is 189 Å². The zero-order valence-electron chi connectivity index (χ0n) is 29.8. The van der Waals surface area contributed by atoms with E-state index in [1.807, 2.05) is 0 Å². The summed E-state index contributed by atoms with van der Waals surface area (Å²) in [4.78, 5) is 10.8. The molecule has 0 radical (unpaired) electrons. The van der Waals surface area contributed by atoms with Crippen LogP contribution in [0.4, 0.5) is 0 Å². The third kappa shape index (κ3) is 5.78. The van der Waals surface area contributed by atoms with Gasteiger partial charge in [0.1, 0.15) is 0 Å². The van der Waals surface area contributed by atoms with Gasteiger partial charge in [0, 0.05) is 16.7 Å². The molecule has 0 aliphatic rings. The molecule has 0 aliphatic heterocycles. The minimum atomic E-state index is -1.45. The largest absolute Gasteiger partial charge is 0.228 e. The first-order chi connectivity index (χ1) is 24.1. The van der Waals surface area contributed by atoms with Gasteiger partial charge >= 0.3 is 0 Å². The molecule has 0 amide bonds. The zero-order chi connectivity index (χ0) is 34.6. The monoisotopic (exact) mass is 678 g/mol. The van der Waals surface area contributed by atoms with Crippen LogP contribution in [0.25, 0.3) is 77.3 Å². The maximum atomic E-state index is 5.41. The predicted molar refractivity (Wildman–Crippen MR) is 222 cm³/mol. The van der Waals surface area contributed by atoms with Crippen LogP contribution in [0.3, 0.4) is 0 Å². The number of hydrogen-bond donors (Lipinski definition) is 0. The Morgan fingerprint density at radius 1 is 0.380 bits per heavy atom. The van der Waals surface area contributed by atoms with Crippen LogP contribution in [0.2, 0.25) is 39.3 Å². The van der Waals surface area contributed by atoms with E-state index in [0.717, 1.165) is 44.7 Å². The normalized spacial score (nSPS) is 12.2. The first kappa shape index (κ1) is 32.1. The highest BCUT2D eigenvalue weighted by atomic mass is 28.3. The first-order valence-corrected chi connectivity index (χ1v) is 24.6. The number of hydrogen-bond acceptors (Lipinski definition) is 2.